The van der Waals surface area contributed by atoms with Crippen LogP contribution >= 0.6 is 0 Å². The third-order valence-electron chi connectivity index (χ3n) is 3.67. The fourth-order valence-corrected chi connectivity index (χ4v) is 2.58. The number of nitrogens with two attached hydrogens (primary N) is 1. The lowest BCUT2D eigenvalue weighted by molar-refractivity contribution is 0.134. The lowest BCUT2D eigenvalue weighted by atomic mass is 9.96. The molecule has 0 saturated carbocycles. The summed E-state index contributed by atoms with van der Waals surface area (Å²) in [5, 5.41) is 0. The van der Waals surface area contributed by atoms with Crippen molar-refractivity contribution in [3.05, 3.63) is 64.7 Å². The van der Waals surface area contributed by atoms with Crippen molar-refractivity contribution >= 4 is 0 Å². The van der Waals surface area contributed by atoms with Gasteiger partial charge in [-0.2, -0.15) is 0 Å². The summed E-state index contributed by atoms with van der Waals surface area (Å²) in [4.78, 5) is 0. The van der Waals surface area contributed by atoms with Gasteiger partial charge in [-0.3, -0.25) is 5.84 Å². The van der Waals surface area contributed by atoms with Crippen LogP contribution in [-0.4, -0.2) is 7.11 Å². The first kappa shape index (κ1) is 13.1. The Labute approximate surface area is 118 Å². The number of benzene rings is 2. The van der Waals surface area contributed by atoms with Crippen molar-refractivity contribution in [2.24, 2.45) is 5.84 Å². The maximum absolute atomic E-state index is 5.75. The van der Waals surface area contributed by atoms with Gasteiger partial charge in [0.05, 0.1) is 26.4 Å². The monoisotopic (exact) mass is 270 g/mol. The molecule has 20 heavy (non-hydrogen) atoms. The van der Waals surface area contributed by atoms with Crippen LogP contribution in [0.5, 0.6) is 5.75 Å². The quantitative estimate of drug-likeness (QED) is 0.661. The molecule has 4 nitrogen and oxygen atoms in total. The summed E-state index contributed by atoms with van der Waals surface area (Å²) >= 11 is 0. The molecule has 0 saturated heterocycles. The molecule has 2 aromatic rings. The molecule has 1 aliphatic rings. The summed E-state index contributed by atoms with van der Waals surface area (Å²) < 4.78 is 10.7. The zero-order valence-corrected chi connectivity index (χ0v) is 11.4. The molecule has 0 bridgehead atoms. The molecule has 0 fully saturated rings. The molecule has 3 rings (SSSR count). The third-order valence-corrected chi connectivity index (χ3v) is 3.67. The molecule has 0 spiro atoms. The highest BCUT2D eigenvalue weighted by Crippen LogP contribution is 2.28. The number of hydrogen-bond donors (Lipinski definition) is 2. The lowest BCUT2D eigenvalue weighted by Gasteiger charge is -2.18. The van der Waals surface area contributed by atoms with Crippen LogP contribution < -0.4 is 16.0 Å². The summed E-state index contributed by atoms with van der Waals surface area (Å²) in [7, 11) is 1.66. The highest BCUT2D eigenvalue weighted by molar-refractivity contribution is 5.40. The second kappa shape index (κ2) is 5.63. The highest BCUT2D eigenvalue weighted by Gasteiger charge is 2.17. The van der Waals surface area contributed by atoms with E-state index in [4.69, 9.17) is 15.3 Å². The van der Waals surface area contributed by atoms with Gasteiger partial charge in [0.25, 0.3) is 0 Å². The maximum atomic E-state index is 5.75. The van der Waals surface area contributed by atoms with E-state index in [2.05, 4.69) is 23.6 Å². The Bertz CT molecular complexity index is 613. The van der Waals surface area contributed by atoms with E-state index in [0.717, 1.165) is 16.9 Å². The number of nitrogens with one attached hydrogen (secondary N) is 1. The zero-order chi connectivity index (χ0) is 13.9. The molecule has 4 heteroatoms. The first-order valence-corrected chi connectivity index (χ1v) is 6.61. The molecule has 1 atom stereocenters. The summed E-state index contributed by atoms with van der Waals surface area (Å²) in [6, 6.07) is 14.2. The number of hydrazine groups is 1. The summed E-state index contributed by atoms with van der Waals surface area (Å²) in [5.41, 5.74) is 7.59. The van der Waals surface area contributed by atoms with Gasteiger partial charge in [-0.05, 0) is 34.4 Å². The van der Waals surface area contributed by atoms with Crippen LogP contribution in [0.15, 0.2) is 42.5 Å². The van der Waals surface area contributed by atoms with E-state index in [1.807, 2.05) is 24.3 Å². The van der Waals surface area contributed by atoms with Crippen LogP contribution in [-0.2, 0) is 18.0 Å². The first-order chi connectivity index (χ1) is 9.81. The second-order valence-electron chi connectivity index (χ2n) is 4.90. The van der Waals surface area contributed by atoms with Crippen LogP contribution in [0, 0.1) is 0 Å². The number of rotatable bonds is 4. The fourth-order valence-electron chi connectivity index (χ4n) is 2.58. The van der Waals surface area contributed by atoms with Gasteiger partial charge in [-0.15, -0.1) is 0 Å². The van der Waals surface area contributed by atoms with Crippen LogP contribution in [0.2, 0.25) is 0 Å². The molecule has 1 aliphatic heterocycles. The van der Waals surface area contributed by atoms with E-state index in [9.17, 15) is 0 Å². The van der Waals surface area contributed by atoms with Crippen LogP contribution in [0.25, 0.3) is 0 Å². The second-order valence-corrected chi connectivity index (χ2v) is 4.90. The molecule has 2 aromatic carbocycles. The van der Waals surface area contributed by atoms with E-state index in [1.54, 1.807) is 7.11 Å². The molecular weight excluding hydrogens is 252 g/mol. The average molecular weight is 270 g/mol. The molecule has 0 amide bonds. The Morgan fingerprint density at radius 2 is 1.90 bits per heavy atom. The third kappa shape index (κ3) is 2.41. The molecule has 1 heterocycles. The Hall–Kier alpha value is -1.88. The standard InChI is InChI=1S/C16H18N2O2/c1-19-15-4-2-3-11(8-15)16(18-17)12-5-6-13-9-20-10-14(13)7-12/h2-8,16,18H,9-10,17H2,1H3. The van der Waals surface area contributed by atoms with Crippen LogP contribution in [0.4, 0.5) is 0 Å². The Morgan fingerprint density at radius 1 is 1.10 bits per heavy atom. The Morgan fingerprint density at radius 3 is 2.70 bits per heavy atom. The molecule has 0 aliphatic carbocycles. The van der Waals surface area contributed by atoms with Crippen molar-refractivity contribution < 1.29 is 9.47 Å². The summed E-state index contributed by atoms with van der Waals surface area (Å²) in [6.07, 6.45) is 0. The maximum Gasteiger partial charge on any atom is 0.119 e. The summed E-state index contributed by atoms with van der Waals surface area (Å²) in [5.74, 6) is 6.58. The van der Waals surface area contributed by atoms with Crippen LogP contribution in [0.1, 0.15) is 28.3 Å². The predicted molar refractivity (Wildman–Crippen MR) is 77.1 cm³/mol. The SMILES string of the molecule is COc1cccc(C(NN)c2ccc3c(c2)COC3)c1. The minimum absolute atomic E-state index is 0.0593. The smallest absolute Gasteiger partial charge is 0.119 e. The molecular formula is C16H18N2O2. The largest absolute Gasteiger partial charge is 0.497 e. The van der Waals surface area contributed by atoms with Gasteiger partial charge >= 0.3 is 0 Å². The van der Waals surface area contributed by atoms with E-state index in [0.29, 0.717) is 13.2 Å². The fraction of sp³-hybridized carbons (Fsp3) is 0.250. The van der Waals surface area contributed by atoms with Crippen molar-refractivity contribution in [1.82, 2.24) is 5.43 Å². The normalized spacial score (nSPS) is 14.9. The van der Waals surface area contributed by atoms with Crippen molar-refractivity contribution in [3.63, 3.8) is 0 Å². The number of ether oxygens (including phenoxy) is 2. The van der Waals surface area contributed by atoms with Crippen molar-refractivity contribution in [3.8, 4) is 5.75 Å². The van der Waals surface area contributed by atoms with Gasteiger partial charge in [0.15, 0.2) is 0 Å². The minimum Gasteiger partial charge on any atom is -0.497 e. The number of fused-ring (bicyclic) bond motifs is 1. The van der Waals surface area contributed by atoms with E-state index in [-0.39, 0.29) is 6.04 Å². The molecule has 3 N–H and O–H groups in total. The lowest BCUT2D eigenvalue weighted by Crippen LogP contribution is -2.28. The van der Waals surface area contributed by atoms with Gasteiger partial charge in [-0.25, -0.2) is 5.43 Å². The minimum atomic E-state index is -0.0593. The number of methoxy groups -OCH3 is 1. The van der Waals surface area contributed by atoms with Gasteiger partial charge in [0.1, 0.15) is 5.75 Å². The Balaban J connectivity index is 1.96. The zero-order valence-electron chi connectivity index (χ0n) is 11.4. The Kier molecular flexibility index (Phi) is 3.69. The average Bonchev–Trinajstić information content (AvgIpc) is 2.96. The van der Waals surface area contributed by atoms with Crippen molar-refractivity contribution in [1.29, 1.82) is 0 Å². The molecule has 1 unspecified atom stereocenters. The molecule has 0 radical (unpaired) electrons. The van der Waals surface area contributed by atoms with E-state index >= 15 is 0 Å². The van der Waals surface area contributed by atoms with Crippen molar-refractivity contribution in [2.45, 2.75) is 19.3 Å². The number of hydrogen-bond acceptors (Lipinski definition) is 4. The highest BCUT2D eigenvalue weighted by atomic mass is 16.5. The predicted octanol–water partition coefficient (Wildman–Crippen LogP) is 2.28. The molecule has 104 valence electrons. The van der Waals surface area contributed by atoms with Gasteiger partial charge < -0.3 is 9.47 Å². The van der Waals surface area contributed by atoms with E-state index < -0.39 is 0 Å². The van der Waals surface area contributed by atoms with Gasteiger partial charge in [-0.1, -0.05) is 30.3 Å². The van der Waals surface area contributed by atoms with E-state index in [1.165, 1.54) is 11.1 Å². The van der Waals surface area contributed by atoms with Gasteiger partial charge in [0.2, 0.25) is 0 Å². The molecule has 0 aromatic heterocycles. The van der Waals surface area contributed by atoms with Crippen LogP contribution in [0.3, 0.4) is 0 Å². The topological polar surface area (TPSA) is 56.5 Å². The van der Waals surface area contributed by atoms with Crippen molar-refractivity contribution in [2.75, 3.05) is 7.11 Å². The van der Waals surface area contributed by atoms with Gasteiger partial charge in [0, 0.05) is 0 Å². The summed E-state index contributed by atoms with van der Waals surface area (Å²) in [6.45, 7) is 1.38. The first-order valence-electron chi connectivity index (χ1n) is 6.61.